The van der Waals surface area contributed by atoms with E-state index in [2.05, 4.69) is 22.5 Å². The summed E-state index contributed by atoms with van der Waals surface area (Å²) in [6.07, 6.45) is -3.12. The van der Waals surface area contributed by atoms with Crippen molar-refractivity contribution in [2.45, 2.75) is 6.18 Å². The molecule has 0 atom stereocenters. The minimum absolute atomic E-state index is 0.00723. The molecule has 0 saturated carbocycles. The Labute approximate surface area is 215 Å². The zero-order valence-electron chi connectivity index (χ0n) is 19.8. The molecule has 0 saturated heterocycles. The van der Waals surface area contributed by atoms with Crippen LogP contribution < -0.4 is 16.0 Å². The first-order chi connectivity index (χ1) is 18.1. The van der Waals surface area contributed by atoms with Gasteiger partial charge in [0.15, 0.2) is 5.78 Å². The molecule has 3 amide bonds. The second-order valence-corrected chi connectivity index (χ2v) is 7.77. The number of esters is 1. The van der Waals surface area contributed by atoms with Crippen LogP contribution in [0.5, 0.6) is 0 Å². The lowest BCUT2D eigenvalue weighted by Crippen LogP contribution is -2.36. The average Bonchev–Trinajstić information content (AvgIpc) is 2.90. The van der Waals surface area contributed by atoms with E-state index in [4.69, 9.17) is 4.74 Å². The number of ether oxygens (including phenoxy) is 1. The highest BCUT2D eigenvalue weighted by molar-refractivity contribution is 6.14. The molecule has 8 nitrogen and oxygen atoms in total. The number of urea groups is 1. The summed E-state index contributed by atoms with van der Waals surface area (Å²) in [5.74, 6) is -1.85. The summed E-state index contributed by atoms with van der Waals surface area (Å²) < 4.78 is 43.4. The maximum Gasteiger partial charge on any atom is 0.416 e. The molecule has 3 aromatic rings. The van der Waals surface area contributed by atoms with Crippen molar-refractivity contribution in [3.8, 4) is 0 Å². The largest absolute Gasteiger partial charge is 0.458 e. The fourth-order valence-electron chi connectivity index (χ4n) is 3.23. The van der Waals surface area contributed by atoms with Crippen molar-refractivity contribution in [1.82, 2.24) is 5.32 Å². The standard InChI is InChI=1S/C27H22F3N3O5/c1-2-14-38-25(36)18-6-5-7-20(15-18)32-26(37)31-16-23(34)33-22-9-4-3-8-21(22)24(35)17-10-12-19(13-11-17)27(28,29)30/h2-13,15H,1,14,16H2,(H,33,34)(H2,31,32,37). The Balaban J connectivity index is 1.59. The van der Waals surface area contributed by atoms with Crippen molar-refractivity contribution in [2.75, 3.05) is 23.8 Å². The van der Waals surface area contributed by atoms with Gasteiger partial charge < -0.3 is 20.7 Å². The van der Waals surface area contributed by atoms with Gasteiger partial charge in [0.2, 0.25) is 5.91 Å². The molecule has 0 aliphatic carbocycles. The van der Waals surface area contributed by atoms with Gasteiger partial charge in [0.25, 0.3) is 0 Å². The molecule has 0 fully saturated rings. The number of ketones is 1. The first-order valence-corrected chi connectivity index (χ1v) is 11.1. The molecule has 11 heteroatoms. The fraction of sp³-hybridized carbons (Fsp3) is 0.111. The Bertz CT molecular complexity index is 1350. The van der Waals surface area contributed by atoms with Gasteiger partial charge >= 0.3 is 18.2 Å². The monoisotopic (exact) mass is 525 g/mol. The highest BCUT2D eigenvalue weighted by Crippen LogP contribution is 2.29. The molecule has 3 aromatic carbocycles. The quantitative estimate of drug-likeness (QED) is 0.206. The van der Waals surface area contributed by atoms with Gasteiger partial charge in [-0.1, -0.05) is 43.0 Å². The van der Waals surface area contributed by atoms with Crippen LogP contribution in [0.15, 0.2) is 85.5 Å². The maximum atomic E-state index is 12.9. The zero-order chi connectivity index (χ0) is 27.7. The number of nitrogens with one attached hydrogen (secondary N) is 3. The number of alkyl halides is 3. The number of carbonyl (C=O) groups is 4. The topological polar surface area (TPSA) is 114 Å². The van der Waals surface area contributed by atoms with Crippen molar-refractivity contribution in [3.05, 3.63) is 108 Å². The number of benzene rings is 3. The van der Waals surface area contributed by atoms with Crippen molar-refractivity contribution in [3.63, 3.8) is 0 Å². The minimum atomic E-state index is -4.53. The number of para-hydroxylation sites is 1. The lowest BCUT2D eigenvalue weighted by molar-refractivity contribution is -0.137. The van der Waals surface area contributed by atoms with Gasteiger partial charge in [-0.3, -0.25) is 9.59 Å². The second kappa shape index (κ2) is 12.3. The summed E-state index contributed by atoms with van der Waals surface area (Å²) in [5, 5.41) is 7.35. The van der Waals surface area contributed by atoms with Crippen LogP contribution in [-0.2, 0) is 15.7 Å². The highest BCUT2D eigenvalue weighted by Gasteiger charge is 2.30. The number of hydrogen-bond donors (Lipinski definition) is 3. The molecule has 0 aliphatic rings. The van der Waals surface area contributed by atoms with Crippen LogP contribution in [0.1, 0.15) is 31.8 Å². The van der Waals surface area contributed by atoms with E-state index in [0.29, 0.717) is 0 Å². The van der Waals surface area contributed by atoms with Crippen molar-refractivity contribution in [1.29, 1.82) is 0 Å². The molecular weight excluding hydrogens is 503 g/mol. The van der Waals surface area contributed by atoms with E-state index < -0.39 is 42.0 Å². The average molecular weight is 525 g/mol. The van der Waals surface area contributed by atoms with Crippen LogP contribution in [0.3, 0.4) is 0 Å². The van der Waals surface area contributed by atoms with Crippen LogP contribution in [0, 0.1) is 0 Å². The molecule has 196 valence electrons. The van der Waals surface area contributed by atoms with Crippen LogP contribution in [-0.4, -0.2) is 36.8 Å². The molecule has 0 spiro atoms. The molecular formula is C27H22F3N3O5. The Hall–Kier alpha value is -4.93. The highest BCUT2D eigenvalue weighted by atomic mass is 19.4. The SMILES string of the molecule is C=CCOC(=O)c1cccc(NC(=O)NCC(=O)Nc2ccccc2C(=O)c2ccc(C(F)(F)F)cc2)c1. The van der Waals surface area contributed by atoms with Crippen molar-refractivity contribution < 1.29 is 37.1 Å². The Morgan fingerprint density at radius 3 is 2.26 bits per heavy atom. The molecule has 0 aromatic heterocycles. The molecule has 0 radical (unpaired) electrons. The molecule has 3 N–H and O–H groups in total. The van der Waals surface area contributed by atoms with Crippen LogP contribution in [0.2, 0.25) is 0 Å². The fourth-order valence-corrected chi connectivity index (χ4v) is 3.23. The van der Waals surface area contributed by atoms with Gasteiger partial charge in [0.05, 0.1) is 23.4 Å². The zero-order valence-corrected chi connectivity index (χ0v) is 19.8. The predicted octanol–water partition coefficient (Wildman–Crippen LogP) is 5.04. The van der Waals surface area contributed by atoms with Gasteiger partial charge in [-0.15, -0.1) is 0 Å². The number of rotatable bonds is 9. The van der Waals surface area contributed by atoms with E-state index in [-0.39, 0.29) is 34.7 Å². The predicted molar refractivity (Wildman–Crippen MR) is 134 cm³/mol. The van der Waals surface area contributed by atoms with E-state index in [1.807, 2.05) is 0 Å². The molecule has 0 aliphatic heterocycles. The summed E-state index contributed by atoms with van der Waals surface area (Å²) in [5.41, 5.74) is -0.215. The smallest absolute Gasteiger partial charge is 0.416 e. The summed E-state index contributed by atoms with van der Waals surface area (Å²) in [6.45, 7) is 3.03. The number of amides is 3. The third-order valence-corrected chi connectivity index (χ3v) is 5.02. The van der Waals surface area contributed by atoms with Gasteiger partial charge in [-0.25, -0.2) is 9.59 Å². The molecule has 0 heterocycles. The van der Waals surface area contributed by atoms with Gasteiger partial charge in [-0.05, 0) is 42.5 Å². The van der Waals surface area contributed by atoms with E-state index >= 15 is 0 Å². The van der Waals surface area contributed by atoms with E-state index in [1.165, 1.54) is 42.5 Å². The van der Waals surface area contributed by atoms with Gasteiger partial charge in [-0.2, -0.15) is 13.2 Å². The second-order valence-electron chi connectivity index (χ2n) is 7.77. The lowest BCUT2D eigenvalue weighted by Gasteiger charge is -2.12. The van der Waals surface area contributed by atoms with Crippen LogP contribution in [0.25, 0.3) is 0 Å². The van der Waals surface area contributed by atoms with E-state index in [1.54, 1.807) is 12.1 Å². The summed E-state index contributed by atoms with van der Waals surface area (Å²) in [6, 6.07) is 14.9. The Morgan fingerprint density at radius 2 is 1.58 bits per heavy atom. The Kier molecular flexibility index (Phi) is 8.99. The van der Waals surface area contributed by atoms with Gasteiger partial charge in [0.1, 0.15) is 6.61 Å². The Morgan fingerprint density at radius 1 is 0.868 bits per heavy atom. The first-order valence-electron chi connectivity index (χ1n) is 11.1. The van der Waals surface area contributed by atoms with Gasteiger partial charge in [0, 0.05) is 16.8 Å². The number of hydrogen-bond acceptors (Lipinski definition) is 5. The van der Waals surface area contributed by atoms with Crippen LogP contribution >= 0.6 is 0 Å². The van der Waals surface area contributed by atoms with Crippen molar-refractivity contribution in [2.24, 2.45) is 0 Å². The van der Waals surface area contributed by atoms with E-state index in [9.17, 15) is 32.3 Å². The molecule has 3 rings (SSSR count). The maximum absolute atomic E-state index is 12.9. The molecule has 38 heavy (non-hydrogen) atoms. The molecule has 0 unspecified atom stereocenters. The number of carbonyl (C=O) groups excluding carboxylic acids is 4. The van der Waals surface area contributed by atoms with Crippen molar-refractivity contribution >= 4 is 35.1 Å². The number of anilines is 2. The third kappa shape index (κ3) is 7.53. The van der Waals surface area contributed by atoms with E-state index in [0.717, 1.165) is 24.3 Å². The summed E-state index contributed by atoms with van der Waals surface area (Å²) in [7, 11) is 0. The summed E-state index contributed by atoms with van der Waals surface area (Å²) >= 11 is 0. The first kappa shape index (κ1) is 27.7. The number of halogens is 3. The minimum Gasteiger partial charge on any atom is -0.458 e. The summed E-state index contributed by atoms with van der Waals surface area (Å²) in [4.78, 5) is 49.4. The lowest BCUT2D eigenvalue weighted by atomic mass is 10.0. The van der Waals surface area contributed by atoms with Crippen LogP contribution in [0.4, 0.5) is 29.3 Å². The molecule has 0 bridgehead atoms. The third-order valence-electron chi connectivity index (χ3n) is 5.02. The normalized spacial score (nSPS) is 10.7.